The van der Waals surface area contributed by atoms with Gasteiger partial charge in [0.2, 0.25) is 0 Å². The predicted molar refractivity (Wildman–Crippen MR) is 110 cm³/mol. The Morgan fingerprint density at radius 2 is 1.65 bits per heavy atom. The molecule has 2 heterocycles. The van der Waals surface area contributed by atoms with Crippen LogP contribution in [-0.2, 0) is 14.2 Å². The first kappa shape index (κ1) is 22.4. The van der Waals surface area contributed by atoms with E-state index in [9.17, 15) is 19.2 Å². The quantitative estimate of drug-likeness (QED) is 0.560. The Labute approximate surface area is 180 Å². The Morgan fingerprint density at radius 1 is 1.06 bits per heavy atom. The second-order valence-corrected chi connectivity index (χ2v) is 7.48. The summed E-state index contributed by atoms with van der Waals surface area (Å²) < 4.78 is 14.6. The minimum atomic E-state index is -0.634. The maximum Gasteiger partial charge on any atom is 0.410 e. The van der Waals surface area contributed by atoms with E-state index in [0.717, 1.165) is 6.42 Å². The third-order valence-corrected chi connectivity index (χ3v) is 5.65. The molecule has 0 radical (unpaired) electrons. The molecule has 31 heavy (non-hydrogen) atoms. The summed E-state index contributed by atoms with van der Waals surface area (Å²) in [5.41, 5.74) is 0.528. The zero-order valence-electron chi connectivity index (χ0n) is 17.9. The smallest absolute Gasteiger partial charge is 0.410 e. The number of cyclic esters (lactones) is 1. The number of methoxy groups -OCH3 is 2. The Morgan fingerprint density at radius 3 is 2.16 bits per heavy atom. The maximum absolute atomic E-state index is 12.8. The Kier molecular flexibility index (Phi) is 6.98. The molecular formula is C21H27N3O7. The van der Waals surface area contributed by atoms with Gasteiger partial charge in [-0.3, -0.25) is 4.90 Å². The van der Waals surface area contributed by atoms with Crippen LogP contribution in [0.5, 0.6) is 0 Å². The van der Waals surface area contributed by atoms with E-state index in [-0.39, 0.29) is 41.0 Å². The third-order valence-electron chi connectivity index (χ3n) is 5.65. The Balaban J connectivity index is 1.66. The van der Waals surface area contributed by atoms with Gasteiger partial charge in [0.25, 0.3) is 0 Å². The van der Waals surface area contributed by atoms with E-state index in [1.54, 1.807) is 9.80 Å². The van der Waals surface area contributed by atoms with E-state index >= 15 is 0 Å². The number of hydrogen-bond donors (Lipinski definition) is 1. The van der Waals surface area contributed by atoms with Crippen LogP contribution in [0.1, 0.15) is 46.9 Å². The van der Waals surface area contributed by atoms with Gasteiger partial charge < -0.3 is 24.4 Å². The fraction of sp³-hybridized carbons (Fsp3) is 0.524. The van der Waals surface area contributed by atoms with Gasteiger partial charge in [-0.1, -0.05) is 6.92 Å². The van der Waals surface area contributed by atoms with Gasteiger partial charge in [0.1, 0.15) is 6.61 Å². The van der Waals surface area contributed by atoms with Crippen LogP contribution < -0.4 is 5.32 Å². The molecule has 3 amide bonds. The number of likely N-dealkylation sites (tertiary alicyclic amines) is 1. The molecule has 1 N–H and O–H groups in total. The first-order chi connectivity index (χ1) is 14.9. The molecule has 1 aromatic carbocycles. The van der Waals surface area contributed by atoms with Crippen LogP contribution in [0.25, 0.3) is 0 Å². The number of rotatable bonds is 5. The molecule has 10 nitrogen and oxygen atoms in total. The minimum Gasteiger partial charge on any atom is -0.465 e. The van der Waals surface area contributed by atoms with Crippen molar-refractivity contribution < 1.29 is 33.4 Å². The van der Waals surface area contributed by atoms with E-state index in [1.165, 1.54) is 32.4 Å². The molecule has 0 saturated carbocycles. The van der Waals surface area contributed by atoms with Gasteiger partial charge in [0, 0.05) is 24.8 Å². The number of carbonyl (C=O) groups excluding carboxylic acids is 4. The zero-order valence-corrected chi connectivity index (χ0v) is 17.9. The molecule has 2 fully saturated rings. The fourth-order valence-corrected chi connectivity index (χ4v) is 3.95. The molecule has 10 heteroatoms. The number of ether oxygens (including phenoxy) is 3. The number of benzene rings is 1. The SMILES string of the molecule is CCC1COC(=O)N1C1CCN(C(=O)Nc2cc(C(=O)OC)cc(C(=O)OC)c2)CC1. The molecule has 1 atom stereocenters. The number of anilines is 1. The summed E-state index contributed by atoms with van der Waals surface area (Å²) in [5.74, 6) is -1.27. The number of esters is 2. The van der Waals surface area contributed by atoms with Crippen LogP contribution in [-0.4, -0.2) is 79.9 Å². The van der Waals surface area contributed by atoms with Crippen molar-refractivity contribution in [2.45, 2.75) is 38.3 Å². The monoisotopic (exact) mass is 433 g/mol. The van der Waals surface area contributed by atoms with Crippen LogP contribution in [0.4, 0.5) is 15.3 Å². The highest BCUT2D eigenvalue weighted by molar-refractivity contribution is 5.99. The Hall–Kier alpha value is -3.30. The topological polar surface area (TPSA) is 114 Å². The van der Waals surface area contributed by atoms with E-state index in [4.69, 9.17) is 14.2 Å². The molecule has 0 aliphatic carbocycles. The highest BCUT2D eigenvalue weighted by Crippen LogP contribution is 2.26. The van der Waals surface area contributed by atoms with E-state index in [0.29, 0.717) is 32.5 Å². The van der Waals surface area contributed by atoms with Crippen molar-refractivity contribution >= 4 is 29.8 Å². The summed E-state index contributed by atoms with van der Waals surface area (Å²) in [7, 11) is 2.46. The van der Waals surface area contributed by atoms with Crippen LogP contribution in [0.3, 0.4) is 0 Å². The zero-order chi connectivity index (χ0) is 22.5. The van der Waals surface area contributed by atoms with Crippen molar-refractivity contribution in [1.82, 2.24) is 9.80 Å². The standard InChI is InChI=1S/C21H27N3O7/c1-4-16-12-31-21(28)24(16)17-5-7-23(8-6-17)20(27)22-15-10-13(18(25)29-2)9-14(11-15)19(26)30-3/h9-11,16-17H,4-8,12H2,1-3H3,(H,22,27). The molecule has 0 bridgehead atoms. The summed E-state index contributed by atoms with van der Waals surface area (Å²) in [6.07, 6.45) is 1.83. The summed E-state index contributed by atoms with van der Waals surface area (Å²) in [4.78, 5) is 52.1. The molecule has 0 spiro atoms. The summed E-state index contributed by atoms with van der Waals surface area (Å²) >= 11 is 0. The second-order valence-electron chi connectivity index (χ2n) is 7.48. The summed E-state index contributed by atoms with van der Waals surface area (Å²) in [6.45, 7) is 3.37. The predicted octanol–water partition coefficient (Wildman–Crippen LogP) is 2.49. The first-order valence-electron chi connectivity index (χ1n) is 10.2. The van der Waals surface area contributed by atoms with Crippen LogP contribution in [0, 0.1) is 0 Å². The lowest BCUT2D eigenvalue weighted by Gasteiger charge is -2.37. The number of carbonyl (C=O) groups is 4. The third kappa shape index (κ3) is 4.89. The van der Waals surface area contributed by atoms with Gasteiger partial charge >= 0.3 is 24.1 Å². The van der Waals surface area contributed by atoms with Crippen LogP contribution in [0.15, 0.2) is 18.2 Å². The van der Waals surface area contributed by atoms with Crippen molar-refractivity contribution in [3.8, 4) is 0 Å². The molecule has 168 valence electrons. The molecule has 1 aromatic rings. The molecule has 1 unspecified atom stereocenters. The van der Waals surface area contributed by atoms with Crippen molar-refractivity contribution in [3.63, 3.8) is 0 Å². The average Bonchev–Trinajstić information content (AvgIpc) is 3.18. The van der Waals surface area contributed by atoms with Gasteiger partial charge in [0.05, 0.1) is 31.4 Å². The normalized spacial score (nSPS) is 19.1. The number of nitrogens with zero attached hydrogens (tertiary/aromatic N) is 2. The molecule has 0 aromatic heterocycles. The van der Waals surface area contributed by atoms with Crippen molar-refractivity contribution in [2.24, 2.45) is 0 Å². The van der Waals surface area contributed by atoms with Crippen molar-refractivity contribution in [1.29, 1.82) is 0 Å². The highest BCUT2D eigenvalue weighted by Gasteiger charge is 2.39. The number of urea groups is 1. The first-order valence-corrected chi connectivity index (χ1v) is 10.2. The lowest BCUT2D eigenvalue weighted by molar-refractivity contribution is 0.0599. The second kappa shape index (κ2) is 9.67. The lowest BCUT2D eigenvalue weighted by Crippen LogP contribution is -2.50. The highest BCUT2D eigenvalue weighted by atomic mass is 16.6. The number of nitrogens with one attached hydrogen (secondary N) is 1. The van der Waals surface area contributed by atoms with E-state index in [1.807, 2.05) is 6.92 Å². The fourth-order valence-electron chi connectivity index (χ4n) is 3.95. The van der Waals surface area contributed by atoms with Crippen LogP contribution in [0.2, 0.25) is 0 Å². The summed E-state index contributed by atoms with van der Waals surface area (Å²) in [5, 5.41) is 2.73. The van der Waals surface area contributed by atoms with Gasteiger partial charge in [-0.2, -0.15) is 0 Å². The van der Waals surface area contributed by atoms with E-state index in [2.05, 4.69) is 5.32 Å². The number of piperidine rings is 1. The van der Waals surface area contributed by atoms with Crippen molar-refractivity contribution in [2.75, 3.05) is 39.2 Å². The van der Waals surface area contributed by atoms with Gasteiger partial charge in [0.15, 0.2) is 0 Å². The van der Waals surface area contributed by atoms with E-state index < -0.39 is 11.9 Å². The molecular weight excluding hydrogens is 406 g/mol. The van der Waals surface area contributed by atoms with Gasteiger partial charge in [-0.25, -0.2) is 19.2 Å². The molecule has 2 saturated heterocycles. The largest absolute Gasteiger partial charge is 0.465 e. The maximum atomic E-state index is 12.8. The molecule has 3 rings (SSSR count). The van der Waals surface area contributed by atoms with Crippen molar-refractivity contribution in [3.05, 3.63) is 29.3 Å². The number of hydrogen-bond acceptors (Lipinski definition) is 7. The minimum absolute atomic E-state index is 0.0394. The van der Waals surface area contributed by atoms with Gasteiger partial charge in [-0.15, -0.1) is 0 Å². The van der Waals surface area contributed by atoms with Crippen LogP contribution >= 0.6 is 0 Å². The molecule has 2 aliphatic heterocycles. The molecule has 2 aliphatic rings. The average molecular weight is 433 g/mol. The lowest BCUT2D eigenvalue weighted by atomic mass is 10.0. The Bertz CT molecular complexity index is 830. The number of amides is 3. The summed E-state index contributed by atoms with van der Waals surface area (Å²) in [6, 6.07) is 3.99. The van der Waals surface area contributed by atoms with Gasteiger partial charge in [-0.05, 0) is 37.5 Å².